The van der Waals surface area contributed by atoms with E-state index in [1.165, 1.54) is 10.8 Å². The van der Waals surface area contributed by atoms with Crippen LogP contribution in [-0.4, -0.2) is 53.4 Å². The van der Waals surface area contributed by atoms with E-state index in [2.05, 4.69) is 4.98 Å². The summed E-state index contributed by atoms with van der Waals surface area (Å²) in [5, 5.41) is 9.94. The smallest absolute Gasteiger partial charge is 0.330 e. The third kappa shape index (κ3) is 4.02. The number of nitrogens with zero attached hydrogens (tertiary/aromatic N) is 1. The fraction of sp³-hybridized carbons (Fsp3) is 0.692. The van der Waals surface area contributed by atoms with Gasteiger partial charge < -0.3 is 25.1 Å². The molecule has 1 fully saturated rings. The number of hydrogen-bond donors (Lipinski definition) is 3. The number of aryl methyl sites for hydroxylation is 1. The first-order valence-electron chi connectivity index (χ1n) is 7.08. The lowest BCUT2D eigenvalue weighted by molar-refractivity contribution is -0.182. The van der Waals surface area contributed by atoms with Gasteiger partial charge in [0.05, 0.1) is 19.8 Å². The first kappa shape index (κ1) is 16.8. The first-order chi connectivity index (χ1) is 10.5. The second-order valence-corrected chi connectivity index (χ2v) is 5.01. The molecule has 4 N–H and O–H groups in total. The van der Waals surface area contributed by atoms with Crippen LogP contribution in [0.5, 0.6) is 0 Å². The van der Waals surface area contributed by atoms with E-state index in [4.69, 9.17) is 19.9 Å². The molecule has 9 heteroatoms. The van der Waals surface area contributed by atoms with E-state index in [0.29, 0.717) is 25.3 Å². The maximum Gasteiger partial charge on any atom is 0.330 e. The molecule has 3 unspecified atom stereocenters. The molecule has 0 aromatic carbocycles. The van der Waals surface area contributed by atoms with Crippen molar-refractivity contribution in [2.45, 2.75) is 32.0 Å². The Bertz CT molecular complexity index is 598. The molecule has 0 bridgehead atoms. The monoisotopic (exact) mass is 315 g/mol. The minimum absolute atomic E-state index is 0.194. The maximum absolute atomic E-state index is 11.8. The van der Waals surface area contributed by atoms with Crippen LogP contribution in [0.4, 0.5) is 0 Å². The van der Waals surface area contributed by atoms with Crippen LogP contribution < -0.4 is 17.0 Å². The van der Waals surface area contributed by atoms with E-state index in [9.17, 15) is 14.7 Å². The average molecular weight is 315 g/mol. The standard InChI is InChI=1S/C13H21N3O6/c1-8-7-16(13(19)15-11(8)18)10-6-9(17)12(22-10)21-5-4-20-3-2-14/h7,9-10,12,17H,2-6,14H2,1H3,(H,15,18,19). The zero-order chi connectivity index (χ0) is 16.1. The van der Waals surface area contributed by atoms with E-state index in [1.807, 2.05) is 0 Å². The van der Waals surface area contributed by atoms with Crippen LogP contribution in [0.15, 0.2) is 15.8 Å². The van der Waals surface area contributed by atoms with Gasteiger partial charge in [-0.2, -0.15) is 0 Å². The Morgan fingerprint density at radius 1 is 1.45 bits per heavy atom. The molecule has 2 heterocycles. The molecule has 124 valence electrons. The summed E-state index contributed by atoms with van der Waals surface area (Å²) in [7, 11) is 0. The SMILES string of the molecule is Cc1cn(C2CC(O)C(OCCOCCN)O2)c(=O)[nH]c1=O. The summed E-state index contributed by atoms with van der Waals surface area (Å²) in [6, 6.07) is 0. The van der Waals surface area contributed by atoms with Gasteiger partial charge in [-0.25, -0.2) is 4.79 Å². The second-order valence-electron chi connectivity index (χ2n) is 5.01. The van der Waals surface area contributed by atoms with Crippen molar-refractivity contribution in [3.63, 3.8) is 0 Å². The van der Waals surface area contributed by atoms with Crippen LogP contribution in [0.2, 0.25) is 0 Å². The topological polar surface area (TPSA) is 129 Å². The number of ether oxygens (including phenoxy) is 3. The van der Waals surface area contributed by atoms with Crippen molar-refractivity contribution in [1.29, 1.82) is 0 Å². The Hall–Kier alpha value is -1.52. The van der Waals surface area contributed by atoms with Crippen LogP contribution in [0.25, 0.3) is 0 Å². The molecule has 0 saturated carbocycles. The van der Waals surface area contributed by atoms with Gasteiger partial charge in [0.2, 0.25) is 0 Å². The number of nitrogens with one attached hydrogen (secondary N) is 1. The second kappa shape index (κ2) is 7.65. The number of nitrogens with two attached hydrogens (primary N) is 1. The molecule has 1 aromatic heterocycles. The summed E-state index contributed by atoms with van der Waals surface area (Å²) < 4.78 is 17.3. The van der Waals surface area contributed by atoms with Crippen LogP contribution in [0, 0.1) is 6.92 Å². The van der Waals surface area contributed by atoms with Gasteiger partial charge in [-0.3, -0.25) is 14.3 Å². The molecule has 0 aliphatic carbocycles. The summed E-state index contributed by atoms with van der Waals surface area (Å²) >= 11 is 0. The van der Waals surface area contributed by atoms with E-state index in [1.54, 1.807) is 6.92 Å². The van der Waals surface area contributed by atoms with E-state index >= 15 is 0 Å². The number of aliphatic hydroxyl groups excluding tert-OH is 1. The van der Waals surface area contributed by atoms with Crippen LogP contribution in [0.1, 0.15) is 18.2 Å². The van der Waals surface area contributed by atoms with Crippen molar-refractivity contribution in [1.82, 2.24) is 9.55 Å². The molecule has 1 aliphatic rings. The summed E-state index contributed by atoms with van der Waals surface area (Å²) in [4.78, 5) is 25.4. The molecular formula is C13H21N3O6. The minimum Gasteiger partial charge on any atom is -0.388 e. The molecule has 1 aromatic rings. The highest BCUT2D eigenvalue weighted by atomic mass is 16.7. The van der Waals surface area contributed by atoms with Crippen molar-refractivity contribution >= 4 is 0 Å². The van der Waals surface area contributed by atoms with Crippen LogP contribution >= 0.6 is 0 Å². The normalized spacial score (nSPS) is 24.8. The molecule has 1 aliphatic heterocycles. The van der Waals surface area contributed by atoms with Crippen molar-refractivity contribution in [3.05, 3.63) is 32.6 Å². The minimum atomic E-state index is -0.862. The van der Waals surface area contributed by atoms with Gasteiger partial charge >= 0.3 is 5.69 Å². The summed E-state index contributed by atoms with van der Waals surface area (Å²) in [6.45, 7) is 3.04. The van der Waals surface area contributed by atoms with Gasteiger partial charge in [0, 0.05) is 24.7 Å². The van der Waals surface area contributed by atoms with E-state index in [-0.39, 0.29) is 13.0 Å². The number of aromatic nitrogens is 2. The molecule has 22 heavy (non-hydrogen) atoms. The van der Waals surface area contributed by atoms with Crippen molar-refractivity contribution in [2.75, 3.05) is 26.4 Å². The average Bonchev–Trinajstić information content (AvgIpc) is 2.84. The van der Waals surface area contributed by atoms with Gasteiger partial charge in [0.1, 0.15) is 12.3 Å². The van der Waals surface area contributed by atoms with E-state index in [0.717, 1.165) is 0 Å². The van der Waals surface area contributed by atoms with Gasteiger partial charge in [-0.1, -0.05) is 0 Å². The van der Waals surface area contributed by atoms with Gasteiger partial charge in [0.25, 0.3) is 5.56 Å². The number of rotatable bonds is 7. The molecule has 1 saturated heterocycles. The Morgan fingerprint density at radius 2 is 2.23 bits per heavy atom. The van der Waals surface area contributed by atoms with E-state index < -0.39 is 29.9 Å². The van der Waals surface area contributed by atoms with Crippen LogP contribution in [0.3, 0.4) is 0 Å². The quantitative estimate of drug-likeness (QED) is 0.519. The van der Waals surface area contributed by atoms with Crippen molar-refractivity contribution in [3.8, 4) is 0 Å². The number of H-pyrrole nitrogens is 1. The Morgan fingerprint density at radius 3 is 2.95 bits per heavy atom. The van der Waals surface area contributed by atoms with Gasteiger partial charge in [0.15, 0.2) is 6.29 Å². The Balaban J connectivity index is 1.94. The Labute approximate surface area is 126 Å². The number of aliphatic hydroxyl groups is 1. The summed E-state index contributed by atoms with van der Waals surface area (Å²) in [6.07, 6.45) is -0.789. The third-order valence-electron chi connectivity index (χ3n) is 3.28. The van der Waals surface area contributed by atoms with Gasteiger partial charge in [-0.05, 0) is 6.92 Å². The molecule has 0 radical (unpaired) electrons. The summed E-state index contributed by atoms with van der Waals surface area (Å²) in [5.41, 5.74) is 4.65. The molecular weight excluding hydrogens is 294 g/mol. The fourth-order valence-corrected chi connectivity index (χ4v) is 2.16. The zero-order valence-corrected chi connectivity index (χ0v) is 12.4. The molecule has 0 spiro atoms. The zero-order valence-electron chi connectivity index (χ0n) is 12.4. The summed E-state index contributed by atoms with van der Waals surface area (Å²) in [5.74, 6) is 0. The van der Waals surface area contributed by atoms with Crippen molar-refractivity contribution < 1.29 is 19.3 Å². The molecule has 2 rings (SSSR count). The molecule has 3 atom stereocenters. The predicted octanol–water partition coefficient (Wildman–Crippen LogP) is -1.56. The number of aromatic amines is 1. The van der Waals surface area contributed by atoms with Gasteiger partial charge in [-0.15, -0.1) is 0 Å². The third-order valence-corrected chi connectivity index (χ3v) is 3.28. The fourth-order valence-electron chi connectivity index (χ4n) is 2.16. The highest BCUT2D eigenvalue weighted by molar-refractivity contribution is 5.01. The first-order valence-corrected chi connectivity index (χ1v) is 7.08. The number of hydrogen-bond acceptors (Lipinski definition) is 7. The lowest BCUT2D eigenvalue weighted by Gasteiger charge is -2.16. The maximum atomic E-state index is 11.8. The largest absolute Gasteiger partial charge is 0.388 e. The molecule has 0 amide bonds. The highest BCUT2D eigenvalue weighted by Crippen LogP contribution is 2.28. The lowest BCUT2D eigenvalue weighted by Crippen LogP contribution is -2.33. The van der Waals surface area contributed by atoms with Crippen molar-refractivity contribution in [2.24, 2.45) is 5.73 Å². The Kier molecular flexibility index (Phi) is 5.86. The highest BCUT2D eigenvalue weighted by Gasteiger charge is 2.36. The molecule has 9 nitrogen and oxygen atoms in total. The lowest BCUT2D eigenvalue weighted by atomic mass is 10.2. The predicted molar refractivity (Wildman–Crippen MR) is 76.4 cm³/mol. The van der Waals surface area contributed by atoms with Crippen LogP contribution in [-0.2, 0) is 14.2 Å².